The molecule has 0 saturated carbocycles. The molecule has 0 aromatic heterocycles. The van der Waals surface area contributed by atoms with Crippen molar-refractivity contribution in [2.24, 2.45) is 4.99 Å². The van der Waals surface area contributed by atoms with Gasteiger partial charge in [-0.15, -0.1) is 6.42 Å². The van der Waals surface area contributed by atoms with E-state index < -0.39 is 0 Å². The molecule has 0 atom stereocenters. The molecule has 0 bridgehead atoms. The lowest BCUT2D eigenvalue weighted by Gasteiger charge is -2.19. The first kappa shape index (κ1) is 7.67. The van der Waals surface area contributed by atoms with Gasteiger partial charge in [-0.1, -0.05) is 5.92 Å². The smallest absolute Gasteiger partial charge is 0.142 e. The molecule has 3 nitrogen and oxygen atoms in total. The maximum absolute atomic E-state index is 5.22. The number of aliphatic imine (C=N–C) groups is 1. The molecular weight excluding hydrogens is 138 g/mol. The monoisotopic (exact) mass is 149 g/mol. The highest BCUT2D eigenvalue weighted by molar-refractivity contribution is 6.02. The molecule has 11 heavy (non-hydrogen) atoms. The molecule has 3 heteroatoms. The third kappa shape index (κ3) is 1.74. The van der Waals surface area contributed by atoms with E-state index in [9.17, 15) is 0 Å². The summed E-state index contributed by atoms with van der Waals surface area (Å²) in [6.07, 6.45) is 7.14. The quantitative estimate of drug-likeness (QED) is 0.532. The molecule has 0 spiro atoms. The van der Waals surface area contributed by atoms with Crippen LogP contribution in [0.4, 0.5) is 0 Å². The minimum absolute atomic E-state index is 0.724. The van der Waals surface area contributed by atoms with E-state index in [4.69, 9.17) is 6.42 Å². The van der Waals surface area contributed by atoms with Crippen LogP contribution in [0, 0.1) is 12.3 Å². The zero-order chi connectivity index (χ0) is 8.27. The molecule has 1 aliphatic rings. The first-order chi connectivity index (χ1) is 5.26. The molecular formula is C8H11N3. The lowest BCUT2D eigenvalue weighted by atomic mass is 10.3. The summed E-state index contributed by atoms with van der Waals surface area (Å²) in [5, 5.41) is 2.94. The number of nitrogens with zero attached hydrogens (tertiary/aromatic N) is 2. The Hall–Kier alpha value is -1.43. The van der Waals surface area contributed by atoms with E-state index in [2.05, 4.69) is 16.2 Å². The number of nitrogens with one attached hydrogen (secondary N) is 1. The van der Waals surface area contributed by atoms with Crippen molar-refractivity contribution in [2.45, 2.75) is 0 Å². The van der Waals surface area contributed by atoms with E-state index in [0.29, 0.717) is 0 Å². The molecule has 1 aliphatic heterocycles. The van der Waals surface area contributed by atoms with Gasteiger partial charge in [0.2, 0.25) is 0 Å². The molecule has 1 heterocycles. The third-order valence-corrected chi connectivity index (χ3v) is 1.42. The largest absolute Gasteiger partial charge is 0.372 e. The van der Waals surface area contributed by atoms with Crippen LogP contribution in [0.3, 0.4) is 0 Å². The minimum Gasteiger partial charge on any atom is -0.372 e. The Morgan fingerprint density at radius 3 is 3.09 bits per heavy atom. The minimum atomic E-state index is 0.724. The summed E-state index contributed by atoms with van der Waals surface area (Å²) in [4.78, 5) is 6.15. The maximum Gasteiger partial charge on any atom is 0.142 e. The fourth-order valence-corrected chi connectivity index (χ4v) is 0.899. The highest BCUT2D eigenvalue weighted by atomic mass is 15.2. The Labute approximate surface area is 66.8 Å². The fraction of sp³-hybridized carbons (Fsp3) is 0.375. The topological polar surface area (TPSA) is 27.6 Å². The zero-order valence-electron chi connectivity index (χ0n) is 6.76. The van der Waals surface area contributed by atoms with Crippen molar-refractivity contribution < 1.29 is 0 Å². The second kappa shape index (κ2) is 3.11. The molecule has 0 aliphatic carbocycles. The highest BCUT2D eigenvalue weighted by Crippen LogP contribution is 2.01. The zero-order valence-corrected chi connectivity index (χ0v) is 6.76. The van der Waals surface area contributed by atoms with Crippen LogP contribution in [0.15, 0.2) is 17.0 Å². The fourth-order valence-electron chi connectivity index (χ4n) is 0.899. The van der Waals surface area contributed by atoms with E-state index in [1.807, 2.05) is 25.2 Å². The molecule has 0 saturated heterocycles. The van der Waals surface area contributed by atoms with Crippen LogP contribution in [-0.2, 0) is 0 Å². The van der Waals surface area contributed by atoms with Gasteiger partial charge < -0.3 is 10.2 Å². The molecule has 58 valence electrons. The SMILES string of the molecule is C#CC1=NC(NC)=CN(C)C1. The van der Waals surface area contributed by atoms with Crippen molar-refractivity contribution in [1.82, 2.24) is 10.2 Å². The summed E-state index contributed by atoms with van der Waals surface area (Å²) in [6, 6.07) is 0. The first-order valence-corrected chi connectivity index (χ1v) is 3.40. The van der Waals surface area contributed by atoms with E-state index >= 15 is 0 Å². The normalized spacial score (nSPS) is 16.6. The molecule has 0 aromatic rings. The molecule has 0 fully saturated rings. The van der Waals surface area contributed by atoms with Crippen LogP contribution >= 0.6 is 0 Å². The van der Waals surface area contributed by atoms with Gasteiger partial charge in [-0.3, -0.25) is 0 Å². The molecule has 1 rings (SSSR count). The van der Waals surface area contributed by atoms with Crippen LogP contribution < -0.4 is 5.32 Å². The van der Waals surface area contributed by atoms with Gasteiger partial charge >= 0.3 is 0 Å². The summed E-state index contributed by atoms with van der Waals surface area (Å²) >= 11 is 0. The summed E-state index contributed by atoms with van der Waals surface area (Å²) < 4.78 is 0. The average molecular weight is 149 g/mol. The van der Waals surface area contributed by atoms with Crippen LogP contribution in [-0.4, -0.2) is 31.3 Å². The Kier molecular flexibility index (Phi) is 2.17. The van der Waals surface area contributed by atoms with Gasteiger partial charge in [-0.25, -0.2) is 4.99 Å². The van der Waals surface area contributed by atoms with Gasteiger partial charge in [-0.2, -0.15) is 0 Å². The van der Waals surface area contributed by atoms with Gasteiger partial charge in [0.05, 0.1) is 6.54 Å². The predicted molar refractivity (Wildman–Crippen MR) is 46.0 cm³/mol. The number of terminal acetylenes is 1. The van der Waals surface area contributed by atoms with Crippen molar-refractivity contribution in [2.75, 3.05) is 20.6 Å². The van der Waals surface area contributed by atoms with Crippen LogP contribution in [0.5, 0.6) is 0 Å². The van der Waals surface area contributed by atoms with Gasteiger partial charge in [0.1, 0.15) is 11.5 Å². The van der Waals surface area contributed by atoms with Crippen molar-refractivity contribution in [1.29, 1.82) is 0 Å². The Morgan fingerprint density at radius 2 is 2.55 bits per heavy atom. The molecule has 0 amide bonds. The molecule has 0 unspecified atom stereocenters. The summed E-state index contributed by atoms with van der Waals surface area (Å²) in [6.45, 7) is 0.724. The second-order valence-electron chi connectivity index (χ2n) is 2.38. The van der Waals surface area contributed by atoms with Crippen molar-refractivity contribution in [3.8, 4) is 12.3 Å². The Morgan fingerprint density at radius 1 is 1.82 bits per heavy atom. The molecule has 1 N–H and O–H groups in total. The molecule has 0 aromatic carbocycles. The lowest BCUT2D eigenvalue weighted by molar-refractivity contribution is 0.506. The maximum atomic E-state index is 5.22. The van der Waals surface area contributed by atoms with Gasteiger partial charge in [0.15, 0.2) is 0 Å². The number of rotatable bonds is 1. The second-order valence-corrected chi connectivity index (χ2v) is 2.38. The lowest BCUT2D eigenvalue weighted by Crippen LogP contribution is -2.26. The Balaban J connectivity index is 2.81. The number of hydrogen-bond donors (Lipinski definition) is 1. The Bertz CT molecular complexity index is 245. The van der Waals surface area contributed by atoms with Crippen LogP contribution in [0.1, 0.15) is 0 Å². The average Bonchev–Trinajstić information content (AvgIpc) is 2.03. The summed E-state index contributed by atoms with van der Waals surface area (Å²) in [5.41, 5.74) is 0.763. The standard InChI is InChI=1S/C8H11N3/c1-4-7-5-11(3)6-8(9-2)10-7/h1,6,9H,5H2,2-3H3. The van der Waals surface area contributed by atoms with Crippen molar-refractivity contribution in [3.63, 3.8) is 0 Å². The van der Waals surface area contributed by atoms with Crippen LogP contribution in [0.25, 0.3) is 0 Å². The van der Waals surface area contributed by atoms with E-state index in [1.54, 1.807) is 0 Å². The van der Waals surface area contributed by atoms with E-state index in [0.717, 1.165) is 18.1 Å². The van der Waals surface area contributed by atoms with Crippen molar-refractivity contribution in [3.05, 3.63) is 12.0 Å². The highest BCUT2D eigenvalue weighted by Gasteiger charge is 2.06. The van der Waals surface area contributed by atoms with Gasteiger partial charge in [0, 0.05) is 20.3 Å². The molecule has 0 radical (unpaired) electrons. The number of hydrogen-bond acceptors (Lipinski definition) is 3. The van der Waals surface area contributed by atoms with Crippen molar-refractivity contribution >= 4 is 5.71 Å². The summed E-state index contributed by atoms with van der Waals surface area (Å²) in [7, 11) is 3.78. The van der Waals surface area contributed by atoms with Gasteiger partial charge in [-0.05, 0) is 0 Å². The predicted octanol–water partition coefficient (Wildman–Crippen LogP) is 0.0243. The first-order valence-electron chi connectivity index (χ1n) is 3.40. The van der Waals surface area contributed by atoms with Crippen LogP contribution in [0.2, 0.25) is 0 Å². The van der Waals surface area contributed by atoms with E-state index in [-0.39, 0.29) is 0 Å². The summed E-state index contributed by atoms with van der Waals surface area (Å²) in [5.74, 6) is 3.34. The third-order valence-electron chi connectivity index (χ3n) is 1.42. The van der Waals surface area contributed by atoms with E-state index in [1.165, 1.54) is 0 Å². The van der Waals surface area contributed by atoms with Gasteiger partial charge in [0.25, 0.3) is 0 Å².